The molecule has 0 bridgehead atoms. The van der Waals surface area contributed by atoms with Crippen molar-refractivity contribution in [1.82, 2.24) is 0 Å². The average molecular weight is 198 g/mol. The molecule has 0 fully saturated rings. The van der Waals surface area contributed by atoms with Crippen molar-refractivity contribution in [2.45, 2.75) is 25.4 Å². The third-order valence-electron chi connectivity index (χ3n) is 2.28. The van der Waals surface area contributed by atoms with Crippen LogP contribution in [0.1, 0.15) is 24.9 Å². The van der Waals surface area contributed by atoms with E-state index in [1.54, 1.807) is 0 Å². The predicted octanol–water partition coefficient (Wildman–Crippen LogP) is 1.27. The van der Waals surface area contributed by atoms with Gasteiger partial charge in [-0.1, -0.05) is 13.0 Å². The van der Waals surface area contributed by atoms with Gasteiger partial charge in [0.15, 0.2) is 0 Å². The van der Waals surface area contributed by atoms with E-state index >= 15 is 0 Å². The number of hydrogen-bond acceptors (Lipinski definition) is 3. The Balaban J connectivity index is 2.95. The first-order chi connectivity index (χ1) is 6.56. The number of rotatable bonds is 3. The van der Waals surface area contributed by atoms with Gasteiger partial charge in [-0.25, -0.2) is 4.39 Å². The van der Waals surface area contributed by atoms with Gasteiger partial charge in [-0.2, -0.15) is 0 Å². The summed E-state index contributed by atoms with van der Waals surface area (Å²) in [6.07, 6.45) is 0.682. The van der Waals surface area contributed by atoms with Crippen LogP contribution in [0.5, 0.6) is 5.75 Å². The lowest BCUT2D eigenvalue weighted by atomic mass is 9.98. The molecule has 3 nitrogen and oxygen atoms in total. The monoisotopic (exact) mass is 198 g/mol. The van der Waals surface area contributed by atoms with E-state index in [4.69, 9.17) is 16.6 Å². The molecule has 0 aliphatic heterocycles. The van der Waals surface area contributed by atoms with Crippen LogP contribution < -0.4 is 11.5 Å². The molecule has 0 aliphatic rings. The van der Waals surface area contributed by atoms with Crippen LogP contribution in [0, 0.1) is 5.82 Å². The molecule has 5 N–H and O–H groups in total. The molecule has 2 atom stereocenters. The Labute approximate surface area is 82.5 Å². The lowest BCUT2D eigenvalue weighted by Crippen LogP contribution is -2.33. The van der Waals surface area contributed by atoms with Crippen molar-refractivity contribution in [3.63, 3.8) is 0 Å². The molecule has 0 saturated carbocycles. The topological polar surface area (TPSA) is 72.3 Å². The number of halogens is 1. The Morgan fingerprint density at radius 2 is 2.07 bits per heavy atom. The van der Waals surface area contributed by atoms with Crippen molar-refractivity contribution in [2.24, 2.45) is 11.5 Å². The van der Waals surface area contributed by atoms with E-state index in [-0.39, 0.29) is 11.8 Å². The summed E-state index contributed by atoms with van der Waals surface area (Å²) >= 11 is 0. The van der Waals surface area contributed by atoms with Crippen LogP contribution in [-0.2, 0) is 0 Å². The summed E-state index contributed by atoms with van der Waals surface area (Å²) in [4.78, 5) is 0. The standard InChI is InChI=1S/C10H15FN2O/c1-2-9(12)10(13)7-4-3-6(14)5-8(7)11/h3-5,9-10,14H,2,12-13H2,1H3/t9-,10-/m0/s1. The number of aromatic hydroxyl groups is 1. The van der Waals surface area contributed by atoms with Gasteiger partial charge in [-0.15, -0.1) is 0 Å². The highest BCUT2D eigenvalue weighted by molar-refractivity contribution is 5.30. The molecule has 0 unspecified atom stereocenters. The minimum atomic E-state index is -0.527. The molecule has 0 saturated heterocycles. The van der Waals surface area contributed by atoms with E-state index in [9.17, 15) is 4.39 Å². The summed E-state index contributed by atoms with van der Waals surface area (Å²) in [6.45, 7) is 1.89. The smallest absolute Gasteiger partial charge is 0.131 e. The second-order valence-electron chi connectivity index (χ2n) is 3.30. The highest BCUT2D eigenvalue weighted by atomic mass is 19.1. The molecule has 0 spiro atoms. The van der Waals surface area contributed by atoms with Crippen LogP contribution in [0.25, 0.3) is 0 Å². The van der Waals surface area contributed by atoms with E-state index < -0.39 is 11.9 Å². The summed E-state index contributed by atoms with van der Waals surface area (Å²) in [5.74, 6) is -0.620. The molecule has 0 aromatic heterocycles. The largest absolute Gasteiger partial charge is 0.508 e. The fourth-order valence-corrected chi connectivity index (χ4v) is 1.27. The third-order valence-corrected chi connectivity index (χ3v) is 2.28. The number of benzene rings is 1. The SMILES string of the molecule is CC[C@H](N)[C@@H](N)c1ccc(O)cc1F. The Morgan fingerprint density at radius 1 is 1.43 bits per heavy atom. The molecule has 1 aromatic carbocycles. The highest BCUT2D eigenvalue weighted by Gasteiger charge is 2.17. The lowest BCUT2D eigenvalue weighted by Gasteiger charge is -2.19. The summed E-state index contributed by atoms with van der Waals surface area (Å²) in [7, 11) is 0. The minimum absolute atomic E-state index is 0.108. The number of phenolic OH excluding ortho intramolecular Hbond substituents is 1. The van der Waals surface area contributed by atoms with Gasteiger partial charge in [0.25, 0.3) is 0 Å². The van der Waals surface area contributed by atoms with Gasteiger partial charge in [0, 0.05) is 23.7 Å². The predicted molar refractivity (Wildman–Crippen MR) is 53.3 cm³/mol. The first-order valence-corrected chi connectivity index (χ1v) is 4.55. The Bertz CT molecular complexity index is 317. The maximum Gasteiger partial charge on any atom is 0.131 e. The van der Waals surface area contributed by atoms with Gasteiger partial charge in [0.05, 0.1) is 0 Å². The molecule has 14 heavy (non-hydrogen) atoms. The average Bonchev–Trinajstić information content (AvgIpc) is 2.15. The van der Waals surface area contributed by atoms with Crippen molar-refractivity contribution < 1.29 is 9.50 Å². The summed E-state index contributed by atoms with van der Waals surface area (Å²) < 4.78 is 13.3. The first kappa shape index (κ1) is 10.9. The molecule has 0 radical (unpaired) electrons. The molecular weight excluding hydrogens is 183 g/mol. The first-order valence-electron chi connectivity index (χ1n) is 4.55. The van der Waals surface area contributed by atoms with E-state index in [0.717, 1.165) is 6.07 Å². The molecule has 0 heterocycles. The van der Waals surface area contributed by atoms with E-state index in [2.05, 4.69) is 0 Å². The fraction of sp³-hybridized carbons (Fsp3) is 0.400. The van der Waals surface area contributed by atoms with Crippen LogP contribution in [0.4, 0.5) is 4.39 Å². The van der Waals surface area contributed by atoms with E-state index in [0.29, 0.717) is 12.0 Å². The molecule has 0 amide bonds. The molecular formula is C10H15FN2O. The molecule has 1 aromatic rings. The van der Waals surface area contributed by atoms with Crippen LogP contribution in [0.2, 0.25) is 0 Å². The van der Waals surface area contributed by atoms with E-state index in [1.165, 1.54) is 12.1 Å². The van der Waals surface area contributed by atoms with E-state index in [1.807, 2.05) is 6.92 Å². The van der Waals surface area contributed by atoms with Crippen LogP contribution in [0.3, 0.4) is 0 Å². The third kappa shape index (κ3) is 2.21. The number of nitrogens with two attached hydrogens (primary N) is 2. The van der Waals surface area contributed by atoms with Crippen molar-refractivity contribution in [1.29, 1.82) is 0 Å². The normalized spacial score (nSPS) is 15.1. The maximum atomic E-state index is 13.3. The van der Waals surface area contributed by atoms with Crippen molar-refractivity contribution in [3.8, 4) is 5.75 Å². The van der Waals surface area contributed by atoms with Gasteiger partial charge < -0.3 is 16.6 Å². The minimum Gasteiger partial charge on any atom is -0.508 e. The van der Waals surface area contributed by atoms with Gasteiger partial charge >= 0.3 is 0 Å². The second kappa shape index (κ2) is 4.39. The second-order valence-corrected chi connectivity index (χ2v) is 3.30. The molecule has 78 valence electrons. The molecule has 4 heteroatoms. The van der Waals surface area contributed by atoms with Gasteiger partial charge in [-0.05, 0) is 12.5 Å². The summed E-state index contributed by atoms with van der Waals surface area (Å²) in [5.41, 5.74) is 11.8. The van der Waals surface area contributed by atoms with Crippen LogP contribution >= 0.6 is 0 Å². The quantitative estimate of drug-likeness (QED) is 0.684. The Hall–Kier alpha value is -1.13. The summed E-state index contributed by atoms with van der Waals surface area (Å²) in [6, 6.07) is 3.11. The molecule has 0 aliphatic carbocycles. The Kier molecular flexibility index (Phi) is 3.43. The van der Waals surface area contributed by atoms with Crippen molar-refractivity contribution in [3.05, 3.63) is 29.6 Å². The zero-order valence-electron chi connectivity index (χ0n) is 8.07. The van der Waals surface area contributed by atoms with Crippen LogP contribution in [0.15, 0.2) is 18.2 Å². The zero-order valence-corrected chi connectivity index (χ0v) is 8.07. The lowest BCUT2D eigenvalue weighted by molar-refractivity contribution is 0.461. The molecule has 1 rings (SSSR count). The number of hydrogen-bond donors (Lipinski definition) is 3. The Morgan fingerprint density at radius 3 is 2.57 bits per heavy atom. The number of phenols is 1. The van der Waals surface area contributed by atoms with Crippen molar-refractivity contribution in [2.75, 3.05) is 0 Å². The van der Waals surface area contributed by atoms with Gasteiger partial charge in [0.1, 0.15) is 11.6 Å². The summed E-state index contributed by atoms with van der Waals surface area (Å²) in [5, 5.41) is 9.00. The van der Waals surface area contributed by atoms with Crippen LogP contribution in [-0.4, -0.2) is 11.1 Å². The van der Waals surface area contributed by atoms with Crippen molar-refractivity contribution >= 4 is 0 Å². The van der Waals surface area contributed by atoms with Gasteiger partial charge in [-0.3, -0.25) is 0 Å². The fourth-order valence-electron chi connectivity index (χ4n) is 1.27. The zero-order chi connectivity index (χ0) is 10.7. The highest BCUT2D eigenvalue weighted by Crippen LogP contribution is 2.22. The maximum absolute atomic E-state index is 13.3. The van der Waals surface area contributed by atoms with Gasteiger partial charge in [0.2, 0.25) is 0 Å².